The molecule has 1 amide bonds. The summed E-state index contributed by atoms with van der Waals surface area (Å²) in [4.78, 5) is 20.5. The van der Waals surface area contributed by atoms with Crippen LogP contribution in [0, 0.1) is 0 Å². The summed E-state index contributed by atoms with van der Waals surface area (Å²) >= 11 is 6.08. The zero-order valence-electron chi connectivity index (χ0n) is 12.9. The van der Waals surface area contributed by atoms with Crippen molar-refractivity contribution >= 4 is 17.5 Å². The van der Waals surface area contributed by atoms with Crippen molar-refractivity contribution in [1.29, 1.82) is 0 Å². The van der Waals surface area contributed by atoms with E-state index in [2.05, 4.69) is 15.3 Å². The van der Waals surface area contributed by atoms with E-state index >= 15 is 0 Å². The summed E-state index contributed by atoms with van der Waals surface area (Å²) < 4.78 is 0. The van der Waals surface area contributed by atoms with E-state index in [4.69, 9.17) is 11.6 Å². The lowest BCUT2D eigenvalue weighted by molar-refractivity contribution is -0.120. The van der Waals surface area contributed by atoms with Crippen LogP contribution in [0.2, 0.25) is 5.02 Å². The molecule has 0 saturated carbocycles. The first-order valence-corrected chi connectivity index (χ1v) is 7.95. The van der Waals surface area contributed by atoms with Crippen molar-refractivity contribution in [1.82, 2.24) is 15.3 Å². The second-order valence-corrected chi connectivity index (χ2v) is 5.74. The van der Waals surface area contributed by atoms with Gasteiger partial charge in [0, 0.05) is 35.7 Å². The number of pyridine rings is 2. The molecule has 4 nitrogen and oxygen atoms in total. The highest BCUT2D eigenvalue weighted by Crippen LogP contribution is 2.17. The Labute approximate surface area is 145 Å². The van der Waals surface area contributed by atoms with Gasteiger partial charge in [-0.3, -0.25) is 14.8 Å². The Morgan fingerprint density at radius 2 is 1.96 bits per heavy atom. The van der Waals surface area contributed by atoms with Crippen LogP contribution in [0.1, 0.15) is 11.1 Å². The van der Waals surface area contributed by atoms with Crippen molar-refractivity contribution < 1.29 is 4.79 Å². The quantitative estimate of drug-likeness (QED) is 0.773. The molecule has 2 heterocycles. The monoisotopic (exact) mass is 337 g/mol. The van der Waals surface area contributed by atoms with Gasteiger partial charge < -0.3 is 5.32 Å². The minimum Gasteiger partial charge on any atom is -0.352 e. The highest BCUT2D eigenvalue weighted by molar-refractivity contribution is 6.31. The van der Waals surface area contributed by atoms with E-state index in [9.17, 15) is 4.79 Å². The number of nitrogens with zero attached hydrogens (tertiary/aromatic N) is 2. The lowest BCUT2D eigenvalue weighted by Gasteiger charge is -2.08. The van der Waals surface area contributed by atoms with Crippen LogP contribution in [0.4, 0.5) is 0 Å². The second kappa shape index (κ2) is 7.70. The van der Waals surface area contributed by atoms with Crippen LogP contribution in [0.25, 0.3) is 11.3 Å². The third-order valence-electron chi connectivity index (χ3n) is 3.58. The number of nitrogens with one attached hydrogen (secondary N) is 1. The minimum atomic E-state index is -0.0668. The maximum absolute atomic E-state index is 12.1. The maximum Gasteiger partial charge on any atom is 0.224 e. The van der Waals surface area contributed by atoms with Gasteiger partial charge in [0.05, 0.1) is 12.1 Å². The summed E-state index contributed by atoms with van der Waals surface area (Å²) in [7, 11) is 0. The highest BCUT2D eigenvalue weighted by atomic mass is 35.5. The molecule has 0 saturated heterocycles. The van der Waals surface area contributed by atoms with Crippen LogP contribution in [0.3, 0.4) is 0 Å². The first kappa shape index (κ1) is 16.1. The Morgan fingerprint density at radius 3 is 2.75 bits per heavy atom. The van der Waals surface area contributed by atoms with Gasteiger partial charge >= 0.3 is 0 Å². The van der Waals surface area contributed by atoms with Gasteiger partial charge in [-0.15, -0.1) is 0 Å². The molecule has 2 aromatic heterocycles. The van der Waals surface area contributed by atoms with E-state index < -0.39 is 0 Å². The molecule has 0 bridgehead atoms. The van der Waals surface area contributed by atoms with Crippen molar-refractivity contribution in [2.24, 2.45) is 0 Å². The third kappa shape index (κ3) is 4.18. The Kier molecular flexibility index (Phi) is 5.18. The number of hydrogen-bond donors (Lipinski definition) is 1. The standard InChI is InChI=1S/C19H16ClN3O/c20-17-6-2-1-4-15(17)11-19(24)23-12-14-7-9-22-18(10-14)16-5-3-8-21-13-16/h1-10,13H,11-12H2,(H,23,24). The van der Waals surface area contributed by atoms with Crippen LogP contribution in [0.15, 0.2) is 67.1 Å². The molecule has 0 aliphatic carbocycles. The van der Waals surface area contributed by atoms with Gasteiger partial charge in [-0.2, -0.15) is 0 Å². The zero-order chi connectivity index (χ0) is 16.8. The zero-order valence-corrected chi connectivity index (χ0v) is 13.7. The molecule has 1 N–H and O–H groups in total. The fraction of sp³-hybridized carbons (Fsp3) is 0.105. The Morgan fingerprint density at radius 1 is 1.08 bits per heavy atom. The van der Waals surface area contributed by atoms with Crippen molar-refractivity contribution in [3.05, 3.63) is 83.3 Å². The summed E-state index contributed by atoms with van der Waals surface area (Å²) in [6.45, 7) is 0.444. The molecule has 0 aliphatic rings. The van der Waals surface area contributed by atoms with E-state index in [0.717, 1.165) is 22.4 Å². The summed E-state index contributed by atoms with van der Waals surface area (Å²) in [6.07, 6.45) is 5.49. The van der Waals surface area contributed by atoms with Gasteiger partial charge in [0.25, 0.3) is 0 Å². The van der Waals surface area contributed by atoms with Crippen LogP contribution in [-0.4, -0.2) is 15.9 Å². The lowest BCUT2D eigenvalue weighted by atomic mass is 10.1. The topological polar surface area (TPSA) is 54.9 Å². The molecular weight excluding hydrogens is 322 g/mol. The van der Waals surface area contributed by atoms with Crippen molar-refractivity contribution in [2.75, 3.05) is 0 Å². The number of rotatable bonds is 5. The van der Waals surface area contributed by atoms with Crippen LogP contribution >= 0.6 is 11.6 Å². The van der Waals surface area contributed by atoms with Crippen LogP contribution in [-0.2, 0) is 17.8 Å². The Hall–Kier alpha value is -2.72. The van der Waals surface area contributed by atoms with E-state index in [1.807, 2.05) is 42.5 Å². The number of amides is 1. The van der Waals surface area contributed by atoms with Crippen LogP contribution in [0.5, 0.6) is 0 Å². The van der Waals surface area contributed by atoms with Crippen molar-refractivity contribution in [2.45, 2.75) is 13.0 Å². The Bertz CT molecular complexity index is 837. The predicted molar refractivity (Wildman–Crippen MR) is 94.5 cm³/mol. The fourth-order valence-electron chi connectivity index (χ4n) is 2.33. The first-order valence-electron chi connectivity index (χ1n) is 7.58. The maximum atomic E-state index is 12.1. The highest BCUT2D eigenvalue weighted by Gasteiger charge is 2.07. The molecule has 1 aromatic carbocycles. The van der Waals surface area contributed by atoms with Gasteiger partial charge in [0.2, 0.25) is 5.91 Å². The number of aromatic nitrogens is 2. The van der Waals surface area contributed by atoms with Gasteiger partial charge in [-0.1, -0.05) is 29.8 Å². The predicted octanol–water partition coefficient (Wildman–Crippen LogP) is 3.66. The Balaban J connectivity index is 1.63. The van der Waals surface area contributed by atoms with Gasteiger partial charge in [0.1, 0.15) is 0 Å². The number of carbonyl (C=O) groups excluding carboxylic acids is 1. The number of halogens is 1. The van der Waals surface area contributed by atoms with Gasteiger partial charge in [0.15, 0.2) is 0 Å². The van der Waals surface area contributed by atoms with Crippen molar-refractivity contribution in [3.63, 3.8) is 0 Å². The van der Waals surface area contributed by atoms with Crippen LogP contribution < -0.4 is 5.32 Å². The summed E-state index contributed by atoms with van der Waals surface area (Å²) in [5, 5.41) is 3.52. The minimum absolute atomic E-state index is 0.0668. The smallest absolute Gasteiger partial charge is 0.224 e. The average molecular weight is 338 g/mol. The molecule has 0 aliphatic heterocycles. The largest absolute Gasteiger partial charge is 0.352 e. The number of benzene rings is 1. The molecule has 3 aromatic rings. The van der Waals surface area contributed by atoms with E-state index in [1.54, 1.807) is 24.7 Å². The van der Waals surface area contributed by atoms with E-state index in [-0.39, 0.29) is 12.3 Å². The average Bonchev–Trinajstić information content (AvgIpc) is 2.63. The van der Waals surface area contributed by atoms with Gasteiger partial charge in [-0.25, -0.2) is 0 Å². The summed E-state index contributed by atoms with van der Waals surface area (Å²) in [6, 6.07) is 15.0. The molecule has 5 heteroatoms. The molecule has 0 spiro atoms. The third-order valence-corrected chi connectivity index (χ3v) is 3.95. The molecule has 3 rings (SSSR count). The summed E-state index contributed by atoms with van der Waals surface area (Å²) in [5.74, 6) is -0.0668. The molecule has 0 atom stereocenters. The van der Waals surface area contributed by atoms with Gasteiger partial charge in [-0.05, 0) is 41.5 Å². The number of carbonyl (C=O) groups is 1. The van der Waals surface area contributed by atoms with Crippen molar-refractivity contribution in [3.8, 4) is 11.3 Å². The van der Waals surface area contributed by atoms with E-state index in [1.165, 1.54) is 0 Å². The molecule has 120 valence electrons. The fourth-order valence-corrected chi connectivity index (χ4v) is 2.54. The molecule has 0 radical (unpaired) electrons. The molecule has 0 unspecified atom stereocenters. The normalized spacial score (nSPS) is 10.4. The SMILES string of the molecule is O=C(Cc1ccccc1Cl)NCc1ccnc(-c2cccnc2)c1. The summed E-state index contributed by atoms with van der Waals surface area (Å²) in [5.41, 5.74) is 3.58. The lowest BCUT2D eigenvalue weighted by Crippen LogP contribution is -2.24. The number of hydrogen-bond acceptors (Lipinski definition) is 3. The molecule has 0 fully saturated rings. The first-order chi connectivity index (χ1) is 11.7. The molecular formula is C19H16ClN3O. The second-order valence-electron chi connectivity index (χ2n) is 5.34. The molecule has 24 heavy (non-hydrogen) atoms. The van der Waals surface area contributed by atoms with E-state index in [0.29, 0.717) is 11.6 Å².